The van der Waals surface area contributed by atoms with E-state index in [1.54, 1.807) is 31.2 Å². The lowest BCUT2D eigenvalue weighted by atomic mass is 9.94. The first kappa shape index (κ1) is 19.6. The maximum Gasteiger partial charge on any atom is 0.319 e. The molecule has 4 N–H and O–H groups in total. The van der Waals surface area contributed by atoms with Crippen LogP contribution in [-0.4, -0.2) is 24.2 Å². The van der Waals surface area contributed by atoms with Crippen LogP contribution in [0.2, 0.25) is 5.02 Å². The topological polar surface area (TPSA) is 99.7 Å². The first-order valence-electron chi connectivity index (χ1n) is 8.53. The summed E-state index contributed by atoms with van der Waals surface area (Å²) in [6.45, 7) is 3.52. The highest BCUT2D eigenvalue weighted by Gasteiger charge is 2.31. The molecule has 0 fully saturated rings. The SMILES string of the molecule is COc1cc([C@H]2NC(=O)NC(C)=C2C(=O)Nc2ccc(C)c(Cl)c2)ccc1O. The summed E-state index contributed by atoms with van der Waals surface area (Å²) >= 11 is 6.13. The van der Waals surface area contributed by atoms with Crippen molar-refractivity contribution in [3.8, 4) is 11.5 Å². The number of ether oxygens (including phenoxy) is 1. The number of phenols is 1. The first-order chi connectivity index (χ1) is 13.3. The van der Waals surface area contributed by atoms with Crippen LogP contribution in [-0.2, 0) is 4.79 Å². The molecule has 8 heteroatoms. The van der Waals surface area contributed by atoms with E-state index < -0.39 is 12.1 Å². The van der Waals surface area contributed by atoms with Gasteiger partial charge in [0.05, 0.1) is 18.7 Å². The zero-order chi connectivity index (χ0) is 20.4. The van der Waals surface area contributed by atoms with Crippen molar-refractivity contribution in [3.05, 3.63) is 63.8 Å². The van der Waals surface area contributed by atoms with Gasteiger partial charge in [0.25, 0.3) is 5.91 Å². The number of hydrogen-bond acceptors (Lipinski definition) is 4. The second kappa shape index (κ2) is 7.82. The Balaban J connectivity index is 1.97. The van der Waals surface area contributed by atoms with Crippen molar-refractivity contribution in [3.63, 3.8) is 0 Å². The smallest absolute Gasteiger partial charge is 0.319 e. The lowest BCUT2D eigenvalue weighted by Crippen LogP contribution is -2.45. The van der Waals surface area contributed by atoms with Crippen LogP contribution in [0, 0.1) is 6.92 Å². The summed E-state index contributed by atoms with van der Waals surface area (Å²) in [5.41, 5.74) is 2.80. The quantitative estimate of drug-likeness (QED) is 0.628. The minimum Gasteiger partial charge on any atom is -0.504 e. The standard InChI is InChI=1S/C20H20ClN3O4/c1-10-4-6-13(9-14(10)21)23-19(26)17-11(2)22-20(27)24-18(17)12-5-7-15(25)16(8-12)28-3/h4-9,18,25H,1-3H3,(H,23,26)(H2,22,24,27)/t18-/m1/s1. The summed E-state index contributed by atoms with van der Waals surface area (Å²) in [6, 6.07) is 8.73. The number of phenolic OH excluding ortho intramolecular Hbond substituents is 1. The molecular formula is C20H20ClN3O4. The average molecular weight is 402 g/mol. The van der Waals surface area contributed by atoms with E-state index in [0.29, 0.717) is 27.5 Å². The Bertz CT molecular complexity index is 987. The fourth-order valence-electron chi connectivity index (χ4n) is 2.99. The molecule has 3 amide bonds. The molecule has 0 saturated carbocycles. The maximum absolute atomic E-state index is 13.0. The van der Waals surface area contributed by atoms with E-state index >= 15 is 0 Å². The number of amides is 3. The first-order valence-corrected chi connectivity index (χ1v) is 8.90. The van der Waals surface area contributed by atoms with Crippen LogP contribution >= 0.6 is 11.6 Å². The minimum absolute atomic E-state index is 0.0347. The third kappa shape index (κ3) is 3.89. The number of methoxy groups -OCH3 is 1. The van der Waals surface area contributed by atoms with Crippen molar-refractivity contribution < 1.29 is 19.4 Å². The van der Waals surface area contributed by atoms with Gasteiger partial charge in [-0.25, -0.2) is 4.79 Å². The summed E-state index contributed by atoms with van der Waals surface area (Å²) in [7, 11) is 1.43. The van der Waals surface area contributed by atoms with Gasteiger partial charge in [0.2, 0.25) is 0 Å². The highest BCUT2D eigenvalue weighted by atomic mass is 35.5. The number of anilines is 1. The van der Waals surface area contributed by atoms with Crippen LogP contribution in [0.3, 0.4) is 0 Å². The molecule has 2 aromatic rings. The van der Waals surface area contributed by atoms with Gasteiger partial charge in [-0.15, -0.1) is 0 Å². The number of aromatic hydroxyl groups is 1. The van der Waals surface area contributed by atoms with Gasteiger partial charge in [-0.2, -0.15) is 0 Å². The molecule has 0 spiro atoms. The summed E-state index contributed by atoms with van der Waals surface area (Å²) in [5.74, 6) is -0.178. The Morgan fingerprint density at radius 3 is 2.64 bits per heavy atom. The number of carbonyl (C=O) groups excluding carboxylic acids is 2. The molecule has 0 bridgehead atoms. The van der Waals surface area contributed by atoms with Gasteiger partial charge >= 0.3 is 6.03 Å². The van der Waals surface area contributed by atoms with Crippen molar-refractivity contribution in [1.29, 1.82) is 0 Å². The Kier molecular flexibility index (Phi) is 5.46. The number of halogens is 1. The van der Waals surface area contributed by atoms with Crippen LogP contribution in [0.25, 0.3) is 0 Å². The summed E-state index contributed by atoms with van der Waals surface area (Å²) in [6.07, 6.45) is 0. The van der Waals surface area contributed by atoms with Gasteiger partial charge < -0.3 is 25.8 Å². The lowest BCUT2D eigenvalue weighted by Gasteiger charge is -2.29. The highest BCUT2D eigenvalue weighted by Crippen LogP contribution is 2.34. The molecule has 7 nitrogen and oxygen atoms in total. The van der Waals surface area contributed by atoms with Gasteiger partial charge in [0.1, 0.15) is 0 Å². The number of urea groups is 1. The molecule has 1 aliphatic heterocycles. The highest BCUT2D eigenvalue weighted by molar-refractivity contribution is 6.31. The zero-order valence-corrected chi connectivity index (χ0v) is 16.3. The number of allylic oxidation sites excluding steroid dienone is 1. The third-order valence-corrected chi connectivity index (χ3v) is 4.89. The predicted octanol–water partition coefficient (Wildman–Crippen LogP) is 3.63. The van der Waals surface area contributed by atoms with Gasteiger partial charge in [-0.05, 0) is 49.2 Å². The molecule has 0 aromatic heterocycles. The van der Waals surface area contributed by atoms with Gasteiger partial charge in [0, 0.05) is 16.4 Å². The number of benzene rings is 2. The van der Waals surface area contributed by atoms with Crippen LogP contribution < -0.4 is 20.7 Å². The summed E-state index contributed by atoms with van der Waals surface area (Å²) < 4.78 is 5.14. The van der Waals surface area contributed by atoms with E-state index in [-0.39, 0.29) is 17.4 Å². The monoisotopic (exact) mass is 401 g/mol. The van der Waals surface area contributed by atoms with Crippen molar-refractivity contribution in [2.24, 2.45) is 0 Å². The number of carbonyl (C=O) groups is 2. The molecule has 0 aliphatic carbocycles. The molecule has 3 rings (SSSR count). The normalized spacial score (nSPS) is 16.3. The Morgan fingerprint density at radius 1 is 1.21 bits per heavy atom. The second-order valence-electron chi connectivity index (χ2n) is 6.42. The largest absolute Gasteiger partial charge is 0.504 e. The predicted molar refractivity (Wildman–Crippen MR) is 107 cm³/mol. The summed E-state index contributed by atoms with van der Waals surface area (Å²) in [4.78, 5) is 25.0. The molecule has 1 aliphatic rings. The van der Waals surface area contributed by atoms with Gasteiger partial charge in [-0.1, -0.05) is 23.7 Å². The number of hydrogen-bond donors (Lipinski definition) is 4. The van der Waals surface area contributed by atoms with E-state index in [0.717, 1.165) is 5.56 Å². The number of rotatable bonds is 4. The van der Waals surface area contributed by atoms with E-state index in [9.17, 15) is 14.7 Å². The van der Waals surface area contributed by atoms with Crippen LogP contribution in [0.5, 0.6) is 11.5 Å². The molecule has 2 aromatic carbocycles. The lowest BCUT2D eigenvalue weighted by molar-refractivity contribution is -0.113. The van der Waals surface area contributed by atoms with Crippen LogP contribution in [0.1, 0.15) is 24.1 Å². The number of nitrogens with one attached hydrogen (secondary N) is 3. The van der Waals surface area contributed by atoms with Crippen molar-refractivity contribution in [2.75, 3.05) is 12.4 Å². The Hall–Kier alpha value is -3.19. The maximum atomic E-state index is 13.0. The average Bonchev–Trinajstić information content (AvgIpc) is 2.64. The minimum atomic E-state index is -0.718. The van der Waals surface area contributed by atoms with Gasteiger partial charge in [0.15, 0.2) is 11.5 Å². The van der Waals surface area contributed by atoms with E-state index in [1.807, 2.05) is 13.0 Å². The van der Waals surface area contributed by atoms with Crippen molar-refractivity contribution in [2.45, 2.75) is 19.9 Å². The molecule has 0 unspecified atom stereocenters. The van der Waals surface area contributed by atoms with Crippen molar-refractivity contribution >= 4 is 29.2 Å². The molecule has 28 heavy (non-hydrogen) atoms. The van der Waals surface area contributed by atoms with Crippen LogP contribution in [0.4, 0.5) is 10.5 Å². The fraction of sp³-hybridized carbons (Fsp3) is 0.200. The molecule has 146 valence electrons. The molecular weight excluding hydrogens is 382 g/mol. The Morgan fingerprint density at radius 2 is 1.96 bits per heavy atom. The third-order valence-electron chi connectivity index (χ3n) is 4.48. The molecule has 1 heterocycles. The summed E-state index contributed by atoms with van der Waals surface area (Å²) in [5, 5.41) is 18.5. The van der Waals surface area contributed by atoms with Crippen LogP contribution in [0.15, 0.2) is 47.7 Å². The molecule has 0 radical (unpaired) electrons. The van der Waals surface area contributed by atoms with E-state index in [2.05, 4.69) is 16.0 Å². The van der Waals surface area contributed by atoms with E-state index in [1.165, 1.54) is 13.2 Å². The number of aryl methyl sites for hydroxylation is 1. The zero-order valence-electron chi connectivity index (χ0n) is 15.6. The molecule has 1 atom stereocenters. The van der Waals surface area contributed by atoms with Gasteiger partial charge in [-0.3, -0.25) is 4.79 Å². The van der Waals surface area contributed by atoms with E-state index in [4.69, 9.17) is 16.3 Å². The molecule has 0 saturated heterocycles. The second-order valence-corrected chi connectivity index (χ2v) is 6.83. The van der Waals surface area contributed by atoms with Crippen molar-refractivity contribution in [1.82, 2.24) is 10.6 Å². The Labute approximate surface area is 167 Å². The fourth-order valence-corrected chi connectivity index (χ4v) is 3.17.